The van der Waals surface area contributed by atoms with E-state index in [2.05, 4.69) is 5.32 Å². The van der Waals surface area contributed by atoms with E-state index >= 15 is 0 Å². The molecule has 0 aliphatic carbocycles. The molecule has 0 aromatic heterocycles. The highest BCUT2D eigenvalue weighted by Crippen LogP contribution is 2.01. The van der Waals surface area contributed by atoms with E-state index in [1.807, 2.05) is 0 Å². The van der Waals surface area contributed by atoms with Crippen molar-refractivity contribution in [1.29, 1.82) is 0 Å². The number of nitrogens with two attached hydrogens (primary N) is 1. The van der Waals surface area contributed by atoms with Crippen LogP contribution in [0.4, 0.5) is 0 Å². The number of primary amides is 1. The number of unbranched alkanes of at least 4 members (excludes halogenated alkanes) is 1. The third kappa shape index (κ3) is 12.7. The Labute approximate surface area is 104 Å². The van der Waals surface area contributed by atoms with E-state index in [0.717, 1.165) is 0 Å². The SMILES string of the molecule is NC(=O)CSCCC(=O)NCCCCC(=O)O. The standard InChI is InChI=1S/C10H18N2O4S/c11-8(13)7-17-6-4-9(14)12-5-2-1-3-10(15)16/h1-7H2,(H2,11,13)(H,12,14)(H,15,16). The molecule has 6 nitrogen and oxygen atoms in total. The van der Waals surface area contributed by atoms with Crippen molar-refractivity contribution in [3.8, 4) is 0 Å². The zero-order valence-electron chi connectivity index (χ0n) is 9.61. The maximum Gasteiger partial charge on any atom is 0.303 e. The van der Waals surface area contributed by atoms with Crippen LogP contribution in [0, 0.1) is 0 Å². The molecule has 2 amide bonds. The van der Waals surface area contributed by atoms with Crippen molar-refractivity contribution in [3.05, 3.63) is 0 Å². The van der Waals surface area contributed by atoms with E-state index in [0.29, 0.717) is 31.6 Å². The van der Waals surface area contributed by atoms with Gasteiger partial charge in [-0.3, -0.25) is 14.4 Å². The van der Waals surface area contributed by atoms with Gasteiger partial charge in [-0.2, -0.15) is 11.8 Å². The summed E-state index contributed by atoms with van der Waals surface area (Å²) in [6.07, 6.45) is 1.69. The molecular weight excluding hydrogens is 244 g/mol. The summed E-state index contributed by atoms with van der Waals surface area (Å²) < 4.78 is 0. The summed E-state index contributed by atoms with van der Waals surface area (Å²) in [7, 11) is 0. The molecule has 0 fully saturated rings. The van der Waals surface area contributed by atoms with Gasteiger partial charge in [0.25, 0.3) is 0 Å². The molecule has 0 aromatic carbocycles. The molecule has 0 heterocycles. The predicted molar refractivity (Wildman–Crippen MR) is 65.6 cm³/mol. The van der Waals surface area contributed by atoms with Crippen LogP contribution < -0.4 is 11.1 Å². The van der Waals surface area contributed by atoms with Crippen molar-refractivity contribution in [2.45, 2.75) is 25.7 Å². The summed E-state index contributed by atoms with van der Waals surface area (Å²) in [6, 6.07) is 0. The Kier molecular flexibility index (Phi) is 9.22. The fourth-order valence-corrected chi connectivity index (χ4v) is 1.73. The first-order chi connectivity index (χ1) is 8.02. The molecule has 0 saturated heterocycles. The molecule has 98 valence electrons. The highest BCUT2D eigenvalue weighted by Gasteiger charge is 2.02. The van der Waals surface area contributed by atoms with Gasteiger partial charge in [0.05, 0.1) is 5.75 Å². The highest BCUT2D eigenvalue weighted by atomic mass is 32.2. The maximum atomic E-state index is 11.2. The van der Waals surface area contributed by atoms with E-state index in [9.17, 15) is 14.4 Å². The molecule has 0 aliphatic rings. The van der Waals surface area contributed by atoms with Crippen LogP contribution in [-0.4, -0.2) is 40.9 Å². The molecule has 0 saturated carbocycles. The lowest BCUT2D eigenvalue weighted by atomic mass is 10.2. The van der Waals surface area contributed by atoms with Crippen molar-refractivity contribution in [2.24, 2.45) is 5.73 Å². The van der Waals surface area contributed by atoms with Crippen LogP contribution in [-0.2, 0) is 14.4 Å². The van der Waals surface area contributed by atoms with Gasteiger partial charge in [-0.25, -0.2) is 0 Å². The Balaban J connectivity index is 3.29. The fourth-order valence-electron chi connectivity index (χ4n) is 1.06. The van der Waals surface area contributed by atoms with Crippen LogP contribution in [0.3, 0.4) is 0 Å². The van der Waals surface area contributed by atoms with E-state index in [1.165, 1.54) is 11.8 Å². The van der Waals surface area contributed by atoms with Gasteiger partial charge in [0.15, 0.2) is 0 Å². The van der Waals surface area contributed by atoms with Crippen molar-refractivity contribution in [2.75, 3.05) is 18.1 Å². The van der Waals surface area contributed by atoms with Gasteiger partial charge in [-0.05, 0) is 12.8 Å². The molecule has 0 aromatic rings. The Morgan fingerprint density at radius 1 is 1.18 bits per heavy atom. The first-order valence-electron chi connectivity index (χ1n) is 5.37. The zero-order chi connectivity index (χ0) is 13.1. The Morgan fingerprint density at radius 3 is 2.47 bits per heavy atom. The average Bonchev–Trinajstić information content (AvgIpc) is 2.23. The van der Waals surface area contributed by atoms with Gasteiger partial charge < -0.3 is 16.2 Å². The number of amides is 2. The van der Waals surface area contributed by atoms with Crippen LogP contribution in [0.1, 0.15) is 25.7 Å². The summed E-state index contributed by atoms with van der Waals surface area (Å²) >= 11 is 1.32. The van der Waals surface area contributed by atoms with Crippen molar-refractivity contribution in [1.82, 2.24) is 5.32 Å². The summed E-state index contributed by atoms with van der Waals surface area (Å²) in [5.74, 6) is -0.504. The Hall–Kier alpha value is -1.24. The van der Waals surface area contributed by atoms with Crippen molar-refractivity contribution < 1.29 is 19.5 Å². The quantitative estimate of drug-likeness (QED) is 0.479. The molecular formula is C10H18N2O4S. The van der Waals surface area contributed by atoms with Gasteiger partial charge in [-0.15, -0.1) is 0 Å². The van der Waals surface area contributed by atoms with E-state index in [4.69, 9.17) is 10.8 Å². The fraction of sp³-hybridized carbons (Fsp3) is 0.700. The van der Waals surface area contributed by atoms with Crippen LogP contribution >= 0.6 is 11.8 Å². The Bertz CT molecular complexity index is 271. The summed E-state index contributed by atoms with van der Waals surface area (Å²) in [4.78, 5) is 31.8. The number of nitrogens with one attached hydrogen (secondary N) is 1. The average molecular weight is 262 g/mol. The molecule has 7 heteroatoms. The maximum absolute atomic E-state index is 11.2. The second-order valence-electron chi connectivity index (χ2n) is 3.47. The molecule has 0 radical (unpaired) electrons. The van der Waals surface area contributed by atoms with Gasteiger partial charge in [0, 0.05) is 25.1 Å². The minimum atomic E-state index is -0.820. The number of carbonyl (C=O) groups excluding carboxylic acids is 2. The van der Waals surface area contributed by atoms with Gasteiger partial charge in [0.2, 0.25) is 11.8 Å². The highest BCUT2D eigenvalue weighted by molar-refractivity contribution is 7.99. The van der Waals surface area contributed by atoms with Crippen LogP contribution in [0.25, 0.3) is 0 Å². The smallest absolute Gasteiger partial charge is 0.303 e. The second kappa shape index (κ2) is 9.95. The molecule has 17 heavy (non-hydrogen) atoms. The Morgan fingerprint density at radius 2 is 1.88 bits per heavy atom. The normalized spacial score (nSPS) is 9.88. The molecule has 4 N–H and O–H groups in total. The summed E-state index contributed by atoms with van der Waals surface area (Å²) in [5, 5.41) is 11.1. The van der Waals surface area contributed by atoms with E-state index in [-0.39, 0.29) is 24.0 Å². The van der Waals surface area contributed by atoms with Gasteiger partial charge in [0.1, 0.15) is 0 Å². The van der Waals surface area contributed by atoms with Gasteiger partial charge in [-0.1, -0.05) is 0 Å². The first-order valence-corrected chi connectivity index (χ1v) is 6.52. The van der Waals surface area contributed by atoms with Crippen molar-refractivity contribution in [3.63, 3.8) is 0 Å². The number of carboxylic acids is 1. The molecule has 0 bridgehead atoms. The third-order valence-electron chi connectivity index (χ3n) is 1.86. The number of thioether (sulfide) groups is 1. The predicted octanol–water partition coefficient (Wildman–Crippen LogP) is -0.0339. The molecule has 0 rings (SSSR count). The van der Waals surface area contributed by atoms with E-state index < -0.39 is 5.97 Å². The van der Waals surface area contributed by atoms with Crippen molar-refractivity contribution >= 4 is 29.5 Å². The molecule has 0 aliphatic heterocycles. The molecule has 0 spiro atoms. The number of aliphatic carboxylic acids is 1. The number of rotatable bonds is 10. The van der Waals surface area contributed by atoms with Crippen LogP contribution in [0.15, 0.2) is 0 Å². The first kappa shape index (κ1) is 15.8. The molecule has 0 atom stereocenters. The lowest BCUT2D eigenvalue weighted by Crippen LogP contribution is -2.25. The van der Waals surface area contributed by atoms with E-state index in [1.54, 1.807) is 0 Å². The number of hydrogen-bond acceptors (Lipinski definition) is 4. The topological polar surface area (TPSA) is 109 Å². The summed E-state index contributed by atoms with van der Waals surface area (Å²) in [6.45, 7) is 0.493. The zero-order valence-corrected chi connectivity index (χ0v) is 10.4. The number of carboxylic acid groups (broad SMARTS) is 1. The minimum Gasteiger partial charge on any atom is -0.481 e. The minimum absolute atomic E-state index is 0.0858. The molecule has 0 unspecified atom stereocenters. The van der Waals surface area contributed by atoms with Crippen LogP contribution in [0.2, 0.25) is 0 Å². The number of carbonyl (C=O) groups is 3. The summed E-state index contributed by atoms with van der Waals surface area (Å²) in [5.41, 5.74) is 4.94. The van der Waals surface area contributed by atoms with Crippen LogP contribution in [0.5, 0.6) is 0 Å². The largest absolute Gasteiger partial charge is 0.481 e. The lowest BCUT2D eigenvalue weighted by molar-refractivity contribution is -0.137. The second-order valence-corrected chi connectivity index (χ2v) is 4.57. The monoisotopic (exact) mass is 262 g/mol. The lowest BCUT2D eigenvalue weighted by Gasteiger charge is -2.04. The van der Waals surface area contributed by atoms with Gasteiger partial charge >= 0.3 is 5.97 Å². The third-order valence-corrected chi connectivity index (χ3v) is 2.84. The number of hydrogen-bond donors (Lipinski definition) is 3.